The summed E-state index contributed by atoms with van der Waals surface area (Å²) in [5.74, 6) is 0. The molecule has 0 saturated heterocycles. The van der Waals surface area contributed by atoms with Gasteiger partial charge in [0.05, 0.1) is 12.6 Å². The molecule has 1 aromatic heterocycles. The smallest absolute Gasteiger partial charge is 0.316 e. The summed E-state index contributed by atoms with van der Waals surface area (Å²) in [6.07, 6.45) is 1.75. The number of rotatable bonds is 1. The molecule has 0 saturated carbocycles. The van der Waals surface area contributed by atoms with Gasteiger partial charge in [0.1, 0.15) is 0 Å². The van der Waals surface area contributed by atoms with Crippen molar-refractivity contribution in [3.8, 4) is 6.01 Å². The second kappa shape index (κ2) is 2.77. The van der Waals surface area contributed by atoms with Crippen molar-refractivity contribution < 1.29 is 4.74 Å². The van der Waals surface area contributed by atoms with Gasteiger partial charge in [-0.05, 0) is 6.07 Å². The lowest BCUT2D eigenvalue weighted by molar-refractivity contribution is 0.382. The average Bonchev–Trinajstić information content (AvgIpc) is 2.17. The van der Waals surface area contributed by atoms with Crippen LogP contribution in [0.3, 0.4) is 0 Å². The van der Waals surface area contributed by atoms with Crippen LogP contribution < -0.4 is 4.74 Å². The molecule has 0 amide bonds. The van der Waals surface area contributed by atoms with E-state index in [0.29, 0.717) is 6.01 Å². The van der Waals surface area contributed by atoms with Crippen molar-refractivity contribution >= 4 is 10.9 Å². The maximum absolute atomic E-state index is 4.90. The number of methoxy groups -OCH3 is 1. The number of aromatic nitrogens is 2. The molecule has 3 nitrogen and oxygen atoms in total. The van der Waals surface area contributed by atoms with Gasteiger partial charge in [-0.3, -0.25) is 0 Å². The number of hydrogen-bond donors (Lipinski definition) is 0. The van der Waals surface area contributed by atoms with E-state index in [9.17, 15) is 0 Å². The van der Waals surface area contributed by atoms with Crippen LogP contribution in [0, 0.1) is 0 Å². The number of hydrogen-bond acceptors (Lipinski definition) is 3. The highest BCUT2D eigenvalue weighted by Gasteiger charge is 1.96. The summed E-state index contributed by atoms with van der Waals surface area (Å²) in [5, 5.41) is 1.03. The zero-order chi connectivity index (χ0) is 8.39. The van der Waals surface area contributed by atoms with Gasteiger partial charge in [-0.15, -0.1) is 0 Å². The second-order valence-electron chi connectivity index (χ2n) is 2.42. The van der Waals surface area contributed by atoms with Crippen molar-refractivity contribution in [3.05, 3.63) is 30.5 Å². The molecule has 2 aromatic rings. The molecule has 2 rings (SSSR count). The van der Waals surface area contributed by atoms with Crippen molar-refractivity contribution in [1.29, 1.82) is 0 Å². The van der Waals surface area contributed by atoms with E-state index in [-0.39, 0.29) is 0 Å². The molecular weight excluding hydrogens is 152 g/mol. The molecule has 1 heterocycles. The fourth-order valence-corrected chi connectivity index (χ4v) is 1.05. The highest BCUT2D eigenvalue weighted by molar-refractivity contribution is 5.77. The van der Waals surface area contributed by atoms with Gasteiger partial charge in [0.2, 0.25) is 0 Å². The Bertz CT molecular complexity index is 400. The summed E-state index contributed by atoms with van der Waals surface area (Å²) in [4.78, 5) is 8.15. The Kier molecular flexibility index (Phi) is 1.63. The molecule has 0 bridgehead atoms. The van der Waals surface area contributed by atoms with Crippen LogP contribution in [0.4, 0.5) is 0 Å². The molecule has 1 aromatic carbocycles. The van der Waals surface area contributed by atoms with Crippen molar-refractivity contribution in [2.75, 3.05) is 7.11 Å². The van der Waals surface area contributed by atoms with E-state index >= 15 is 0 Å². The molecule has 0 aliphatic heterocycles. The molecule has 0 atom stereocenters. The lowest BCUT2D eigenvalue weighted by atomic mass is 10.2. The van der Waals surface area contributed by atoms with Gasteiger partial charge in [0.15, 0.2) is 0 Å². The number of nitrogens with zero attached hydrogens (tertiary/aromatic N) is 2. The highest BCUT2D eigenvalue weighted by Crippen LogP contribution is 2.11. The lowest BCUT2D eigenvalue weighted by Gasteiger charge is -1.98. The number of benzene rings is 1. The Morgan fingerprint density at radius 1 is 1.25 bits per heavy atom. The first-order valence-electron chi connectivity index (χ1n) is 3.66. The first-order valence-corrected chi connectivity index (χ1v) is 3.66. The molecule has 0 fully saturated rings. The Morgan fingerprint density at radius 3 is 2.92 bits per heavy atom. The predicted molar refractivity (Wildman–Crippen MR) is 46.1 cm³/mol. The van der Waals surface area contributed by atoms with Crippen molar-refractivity contribution in [1.82, 2.24) is 9.97 Å². The van der Waals surface area contributed by atoms with Crippen LogP contribution in [0.1, 0.15) is 0 Å². The number of ether oxygens (including phenoxy) is 1. The zero-order valence-electron chi connectivity index (χ0n) is 6.69. The van der Waals surface area contributed by atoms with Crippen molar-refractivity contribution in [3.63, 3.8) is 0 Å². The average molecular weight is 160 g/mol. The summed E-state index contributed by atoms with van der Waals surface area (Å²) in [5.41, 5.74) is 0.907. The van der Waals surface area contributed by atoms with Gasteiger partial charge >= 0.3 is 6.01 Å². The number of para-hydroxylation sites is 1. The van der Waals surface area contributed by atoms with Crippen LogP contribution in [-0.2, 0) is 0 Å². The second-order valence-corrected chi connectivity index (χ2v) is 2.42. The third-order valence-corrected chi connectivity index (χ3v) is 1.65. The van der Waals surface area contributed by atoms with E-state index in [1.807, 2.05) is 24.3 Å². The maximum atomic E-state index is 4.90. The monoisotopic (exact) mass is 160 g/mol. The van der Waals surface area contributed by atoms with E-state index in [0.717, 1.165) is 10.9 Å². The molecule has 60 valence electrons. The Labute approximate surface area is 70.0 Å². The van der Waals surface area contributed by atoms with Crippen LogP contribution in [0.5, 0.6) is 6.01 Å². The van der Waals surface area contributed by atoms with Crippen LogP contribution in [-0.4, -0.2) is 17.1 Å². The third-order valence-electron chi connectivity index (χ3n) is 1.65. The predicted octanol–water partition coefficient (Wildman–Crippen LogP) is 1.64. The van der Waals surface area contributed by atoms with Gasteiger partial charge in [0, 0.05) is 11.6 Å². The quantitative estimate of drug-likeness (QED) is 0.636. The van der Waals surface area contributed by atoms with E-state index in [2.05, 4.69) is 9.97 Å². The topological polar surface area (TPSA) is 35.0 Å². The van der Waals surface area contributed by atoms with E-state index in [1.165, 1.54) is 0 Å². The molecule has 0 aliphatic carbocycles. The third kappa shape index (κ3) is 1.09. The molecule has 3 heteroatoms. The standard InChI is InChI=1S/C9H8N2O/c1-12-9-10-6-7-4-2-3-5-8(7)11-9/h2-6H,1H3. The summed E-state index contributed by atoms with van der Waals surface area (Å²) < 4.78 is 4.90. The van der Waals surface area contributed by atoms with Gasteiger partial charge < -0.3 is 4.74 Å². The minimum atomic E-state index is 0.411. The summed E-state index contributed by atoms with van der Waals surface area (Å²) in [7, 11) is 1.56. The van der Waals surface area contributed by atoms with Crippen molar-refractivity contribution in [2.45, 2.75) is 0 Å². The van der Waals surface area contributed by atoms with Gasteiger partial charge in [-0.1, -0.05) is 18.2 Å². The molecule has 0 aliphatic rings. The van der Waals surface area contributed by atoms with Crippen LogP contribution in [0.15, 0.2) is 30.5 Å². The van der Waals surface area contributed by atoms with Crippen molar-refractivity contribution in [2.24, 2.45) is 0 Å². The molecule has 12 heavy (non-hydrogen) atoms. The first-order chi connectivity index (χ1) is 5.90. The Balaban J connectivity index is 2.67. The van der Waals surface area contributed by atoms with E-state index < -0.39 is 0 Å². The molecule has 0 spiro atoms. The summed E-state index contributed by atoms with van der Waals surface area (Å²) in [6.45, 7) is 0. The Morgan fingerprint density at radius 2 is 2.08 bits per heavy atom. The van der Waals surface area contributed by atoms with E-state index in [4.69, 9.17) is 4.74 Å². The van der Waals surface area contributed by atoms with Crippen LogP contribution >= 0.6 is 0 Å². The highest BCUT2D eigenvalue weighted by atomic mass is 16.5. The lowest BCUT2D eigenvalue weighted by Crippen LogP contribution is -1.90. The van der Waals surface area contributed by atoms with Crippen LogP contribution in [0.2, 0.25) is 0 Å². The molecule has 0 radical (unpaired) electrons. The Hall–Kier alpha value is -1.64. The molecule has 0 unspecified atom stereocenters. The zero-order valence-corrected chi connectivity index (χ0v) is 6.69. The molecular formula is C9H8N2O. The first kappa shape index (κ1) is 7.03. The molecule has 0 N–H and O–H groups in total. The summed E-state index contributed by atoms with van der Waals surface area (Å²) in [6, 6.07) is 8.20. The fourth-order valence-electron chi connectivity index (χ4n) is 1.05. The fraction of sp³-hybridized carbons (Fsp3) is 0.111. The van der Waals surface area contributed by atoms with Gasteiger partial charge in [-0.2, -0.15) is 4.98 Å². The van der Waals surface area contributed by atoms with Crippen LogP contribution in [0.25, 0.3) is 10.9 Å². The minimum absolute atomic E-state index is 0.411. The SMILES string of the molecule is COc1ncc2ccccc2n1. The van der Waals surface area contributed by atoms with Gasteiger partial charge in [0.25, 0.3) is 0 Å². The summed E-state index contributed by atoms with van der Waals surface area (Å²) >= 11 is 0. The maximum Gasteiger partial charge on any atom is 0.316 e. The van der Waals surface area contributed by atoms with Gasteiger partial charge in [-0.25, -0.2) is 4.98 Å². The largest absolute Gasteiger partial charge is 0.467 e. The number of fused-ring (bicyclic) bond motifs is 1. The van der Waals surface area contributed by atoms with E-state index in [1.54, 1.807) is 13.3 Å². The minimum Gasteiger partial charge on any atom is -0.467 e. The normalized spacial score (nSPS) is 10.1.